The second kappa shape index (κ2) is 4.84. The van der Waals surface area contributed by atoms with Crippen molar-refractivity contribution >= 4 is 38.2 Å². The van der Waals surface area contributed by atoms with Crippen molar-refractivity contribution in [1.29, 1.82) is 0 Å². The van der Waals surface area contributed by atoms with E-state index in [1.807, 2.05) is 0 Å². The van der Waals surface area contributed by atoms with Crippen LogP contribution in [0.1, 0.15) is 0 Å². The van der Waals surface area contributed by atoms with Crippen molar-refractivity contribution in [2.24, 2.45) is 0 Å². The van der Waals surface area contributed by atoms with Gasteiger partial charge in [-0.05, 0) is 0 Å². The van der Waals surface area contributed by atoms with Gasteiger partial charge >= 0.3 is 77.5 Å². The van der Waals surface area contributed by atoms with E-state index in [0.29, 0.717) is 24.6 Å². The molecule has 0 aromatic heterocycles. The molecule has 1 rings (SSSR count). The molecule has 10 heavy (non-hydrogen) atoms. The van der Waals surface area contributed by atoms with Gasteiger partial charge in [-0.1, -0.05) is 0 Å². The molecule has 1 fully saturated rings. The van der Waals surface area contributed by atoms with Crippen LogP contribution >= 0.6 is 23.2 Å². The zero-order chi connectivity index (χ0) is 7.40. The molecule has 0 aromatic carbocycles. The van der Waals surface area contributed by atoms with Gasteiger partial charge in [0.15, 0.2) is 0 Å². The molecule has 0 amide bonds. The van der Waals surface area contributed by atoms with Gasteiger partial charge in [0.25, 0.3) is 0 Å². The van der Waals surface area contributed by atoms with E-state index in [9.17, 15) is 0 Å². The van der Waals surface area contributed by atoms with Gasteiger partial charge < -0.3 is 0 Å². The summed E-state index contributed by atoms with van der Waals surface area (Å²) in [6.07, 6.45) is 0. The predicted molar refractivity (Wildman–Crippen MR) is 45.5 cm³/mol. The number of alkyl halides is 2. The zero-order valence-electron chi connectivity index (χ0n) is 5.56. The van der Waals surface area contributed by atoms with Crippen LogP contribution in [0.3, 0.4) is 0 Å². The molecule has 1 aliphatic rings. The topological polar surface area (TPSA) is 9.23 Å². The Bertz CT molecular complexity index is 91.7. The fourth-order valence-corrected chi connectivity index (χ4v) is 3.96. The molecular formula is C6H10Cl2OSe. The predicted octanol–water partition coefficient (Wildman–Crippen LogP) is 1.78. The molecule has 0 unspecified atom stereocenters. The Balaban J connectivity index is 2.25. The van der Waals surface area contributed by atoms with E-state index in [4.69, 9.17) is 27.9 Å². The molecule has 0 aromatic rings. The molecule has 60 valence electrons. The van der Waals surface area contributed by atoms with Crippen LogP contribution in [0.15, 0.2) is 0 Å². The van der Waals surface area contributed by atoms with Gasteiger partial charge in [0.05, 0.1) is 0 Å². The fourth-order valence-electron chi connectivity index (χ4n) is 0.843. The summed E-state index contributed by atoms with van der Waals surface area (Å²) in [6.45, 7) is 1.69. The van der Waals surface area contributed by atoms with Crippen LogP contribution < -0.4 is 0 Å². The van der Waals surface area contributed by atoms with E-state index in [1.54, 1.807) is 0 Å². The Morgan fingerprint density at radius 3 is 2.10 bits per heavy atom. The van der Waals surface area contributed by atoms with E-state index >= 15 is 0 Å². The minimum absolute atomic E-state index is 0.590. The van der Waals surface area contributed by atoms with Crippen LogP contribution in [0.5, 0.6) is 0 Å². The minimum atomic E-state index is 0.590. The van der Waals surface area contributed by atoms with Gasteiger partial charge in [-0.3, -0.25) is 0 Å². The number of hydrogen-bond acceptors (Lipinski definition) is 1. The van der Waals surface area contributed by atoms with E-state index in [2.05, 4.69) is 0 Å². The monoisotopic (exact) mass is 248 g/mol. The first-order valence-electron chi connectivity index (χ1n) is 3.22. The van der Waals surface area contributed by atoms with Crippen molar-refractivity contribution in [3.8, 4) is 0 Å². The van der Waals surface area contributed by atoms with Crippen LogP contribution in [0.25, 0.3) is 0 Å². The number of rotatable bonds is 2. The van der Waals surface area contributed by atoms with Crippen LogP contribution in [0, 0.1) is 0 Å². The molecule has 2 atom stereocenters. The molecule has 0 radical (unpaired) electrons. The maximum absolute atomic E-state index is 5.70. The summed E-state index contributed by atoms with van der Waals surface area (Å²) in [5.74, 6) is 1.46. The van der Waals surface area contributed by atoms with E-state index in [-0.39, 0.29) is 0 Å². The van der Waals surface area contributed by atoms with Crippen LogP contribution in [0.4, 0.5) is 0 Å². The fraction of sp³-hybridized carbons (Fsp3) is 1.00. The van der Waals surface area contributed by atoms with Crippen molar-refractivity contribution in [2.75, 3.05) is 25.0 Å². The van der Waals surface area contributed by atoms with Crippen LogP contribution in [-0.2, 0) is 4.74 Å². The van der Waals surface area contributed by atoms with E-state index in [1.165, 1.54) is 0 Å². The summed E-state index contributed by atoms with van der Waals surface area (Å²) >= 11 is 12.0. The van der Waals surface area contributed by atoms with Crippen molar-refractivity contribution in [2.45, 2.75) is 9.63 Å². The molecular weight excluding hydrogens is 238 g/mol. The Labute approximate surface area is 77.6 Å². The average molecular weight is 248 g/mol. The maximum atomic E-state index is 5.70. The van der Waals surface area contributed by atoms with Crippen molar-refractivity contribution in [3.63, 3.8) is 0 Å². The molecule has 0 aliphatic carbocycles. The summed E-state index contributed by atoms with van der Waals surface area (Å²) in [6, 6.07) is 0. The molecule has 1 aliphatic heterocycles. The molecule has 0 saturated carbocycles. The van der Waals surface area contributed by atoms with Gasteiger partial charge in [-0.15, -0.1) is 0 Å². The Kier molecular flexibility index (Phi) is 4.43. The Morgan fingerprint density at radius 2 is 1.70 bits per heavy atom. The molecule has 4 heteroatoms. The number of ether oxygens (including phenoxy) is 1. The van der Waals surface area contributed by atoms with E-state index in [0.717, 1.165) is 25.0 Å². The molecule has 1 heterocycles. The third kappa shape index (κ3) is 2.59. The third-order valence-corrected chi connectivity index (χ3v) is 5.80. The van der Waals surface area contributed by atoms with Crippen LogP contribution in [0.2, 0.25) is 9.63 Å². The third-order valence-electron chi connectivity index (χ3n) is 1.34. The Hall–Kier alpha value is 1.06. The molecule has 0 spiro atoms. The quantitative estimate of drug-likeness (QED) is 0.534. The summed E-state index contributed by atoms with van der Waals surface area (Å²) in [5.41, 5.74) is 0. The first-order chi connectivity index (χ1) is 4.86. The normalized spacial score (nSPS) is 34.2. The van der Waals surface area contributed by atoms with Crippen molar-refractivity contribution in [3.05, 3.63) is 0 Å². The first kappa shape index (κ1) is 9.15. The molecule has 0 N–H and O–H groups in total. The zero-order valence-corrected chi connectivity index (χ0v) is 8.78. The summed E-state index contributed by atoms with van der Waals surface area (Å²) in [5, 5.41) is 0. The SMILES string of the molecule is ClC[C@@H]1COC[C@H](CCl)[Se]1. The molecule has 0 bridgehead atoms. The van der Waals surface area contributed by atoms with Crippen molar-refractivity contribution in [1.82, 2.24) is 0 Å². The van der Waals surface area contributed by atoms with Gasteiger partial charge in [0.1, 0.15) is 0 Å². The van der Waals surface area contributed by atoms with E-state index < -0.39 is 0 Å². The first-order valence-corrected chi connectivity index (χ1v) is 6.26. The summed E-state index contributed by atoms with van der Waals surface area (Å²) < 4.78 is 5.32. The van der Waals surface area contributed by atoms with Gasteiger partial charge in [0.2, 0.25) is 0 Å². The van der Waals surface area contributed by atoms with Crippen molar-refractivity contribution < 1.29 is 4.74 Å². The summed E-state index contributed by atoms with van der Waals surface area (Å²) in [4.78, 5) is 1.18. The molecule has 1 saturated heterocycles. The van der Waals surface area contributed by atoms with Gasteiger partial charge in [0, 0.05) is 0 Å². The number of halogens is 2. The standard InChI is InChI=1S/C6H10Cl2OSe/c7-1-5-3-9-4-6(2-8)10-5/h5-6H,1-4H2/t5-,6+. The second-order valence-electron chi connectivity index (χ2n) is 2.23. The van der Waals surface area contributed by atoms with Crippen LogP contribution in [-0.4, -0.2) is 39.9 Å². The number of hydrogen-bond donors (Lipinski definition) is 0. The molecule has 1 nitrogen and oxygen atoms in total. The second-order valence-corrected chi connectivity index (χ2v) is 6.21. The summed E-state index contributed by atoms with van der Waals surface area (Å²) in [7, 11) is 0. The Morgan fingerprint density at radius 1 is 1.20 bits per heavy atom. The average Bonchev–Trinajstić information content (AvgIpc) is 2.05. The van der Waals surface area contributed by atoms with Gasteiger partial charge in [-0.25, -0.2) is 0 Å². The van der Waals surface area contributed by atoms with Gasteiger partial charge in [-0.2, -0.15) is 0 Å².